The second kappa shape index (κ2) is 5.21. The first-order valence-electron chi connectivity index (χ1n) is 4.61. The average molecular weight is 268 g/mol. The van der Waals surface area contributed by atoms with Crippen molar-refractivity contribution in [1.29, 1.82) is 0 Å². The molecule has 2 atom stereocenters. The van der Waals surface area contributed by atoms with E-state index < -0.39 is 30.4 Å². The van der Waals surface area contributed by atoms with Gasteiger partial charge in [-0.2, -0.15) is 0 Å². The third kappa shape index (κ3) is 3.88. The van der Waals surface area contributed by atoms with Crippen LogP contribution in [0.2, 0.25) is 0 Å². The molecule has 0 radical (unpaired) electrons. The largest absolute Gasteiger partial charge is 0.573 e. The molecule has 1 aromatic rings. The number of alkyl halides is 4. The maximum absolute atomic E-state index is 12.9. The minimum atomic E-state index is -4.86. The van der Waals surface area contributed by atoms with E-state index in [0.717, 1.165) is 24.3 Å². The molecular weight excluding hydrogens is 260 g/mol. The molecule has 18 heavy (non-hydrogen) atoms. The topological polar surface area (TPSA) is 66.8 Å². The standard InChI is InChI=1S/C10H8F4O4/c11-7(9(16)17)8(15)5-1-3-6(4-2-5)18-10(12,13)14/h1-4,7-8,15H,(H,16,17). The second-order valence-electron chi connectivity index (χ2n) is 3.30. The van der Waals surface area contributed by atoms with E-state index in [2.05, 4.69) is 4.74 Å². The lowest BCUT2D eigenvalue weighted by atomic mass is 10.1. The Labute approximate surface area is 98.4 Å². The first-order chi connectivity index (χ1) is 8.20. The van der Waals surface area contributed by atoms with Crippen LogP contribution in [-0.2, 0) is 4.79 Å². The molecule has 0 fully saturated rings. The molecule has 0 heterocycles. The maximum Gasteiger partial charge on any atom is 0.573 e. The van der Waals surface area contributed by atoms with Crippen LogP contribution in [0.4, 0.5) is 17.6 Å². The van der Waals surface area contributed by atoms with Gasteiger partial charge < -0.3 is 14.9 Å². The Morgan fingerprint density at radius 1 is 1.22 bits per heavy atom. The van der Waals surface area contributed by atoms with Crippen molar-refractivity contribution in [2.24, 2.45) is 0 Å². The van der Waals surface area contributed by atoms with E-state index in [1.54, 1.807) is 0 Å². The zero-order chi connectivity index (χ0) is 13.9. The van der Waals surface area contributed by atoms with Gasteiger partial charge in [-0.15, -0.1) is 13.2 Å². The Kier molecular flexibility index (Phi) is 4.12. The van der Waals surface area contributed by atoms with Gasteiger partial charge in [-0.1, -0.05) is 12.1 Å². The van der Waals surface area contributed by atoms with E-state index in [9.17, 15) is 27.5 Å². The Morgan fingerprint density at radius 2 is 1.72 bits per heavy atom. The van der Waals surface area contributed by atoms with Gasteiger partial charge in [0.25, 0.3) is 0 Å². The van der Waals surface area contributed by atoms with Crippen molar-refractivity contribution >= 4 is 5.97 Å². The molecule has 0 amide bonds. The number of ether oxygens (including phenoxy) is 1. The first kappa shape index (κ1) is 14.2. The lowest BCUT2D eigenvalue weighted by molar-refractivity contribution is -0.274. The molecule has 1 aromatic carbocycles. The Bertz CT molecular complexity index is 415. The van der Waals surface area contributed by atoms with Gasteiger partial charge in [-0.05, 0) is 17.7 Å². The van der Waals surface area contributed by atoms with E-state index in [-0.39, 0.29) is 5.56 Å². The summed E-state index contributed by atoms with van der Waals surface area (Å²) in [5.74, 6) is -2.41. The van der Waals surface area contributed by atoms with Crippen molar-refractivity contribution in [1.82, 2.24) is 0 Å². The van der Waals surface area contributed by atoms with Gasteiger partial charge in [0.05, 0.1) is 0 Å². The van der Waals surface area contributed by atoms with Crippen molar-refractivity contribution in [2.75, 3.05) is 0 Å². The van der Waals surface area contributed by atoms with E-state index in [4.69, 9.17) is 5.11 Å². The number of hydrogen-bond donors (Lipinski definition) is 2. The molecular formula is C10H8F4O4. The predicted molar refractivity (Wildman–Crippen MR) is 50.6 cm³/mol. The molecule has 1 rings (SSSR count). The fourth-order valence-electron chi connectivity index (χ4n) is 1.17. The SMILES string of the molecule is O=C(O)C(F)C(O)c1ccc(OC(F)(F)F)cc1. The molecule has 0 aliphatic carbocycles. The predicted octanol–water partition coefficient (Wildman–Crippen LogP) is 2.04. The Morgan fingerprint density at radius 3 is 2.11 bits per heavy atom. The highest BCUT2D eigenvalue weighted by Crippen LogP contribution is 2.26. The van der Waals surface area contributed by atoms with Gasteiger partial charge >= 0.3 is 12.3 Å². The van der Waals surface area contributed by atoms with Gasteiger partial charge in [0, 0.05) is 0 Å². The highest BCUT2D eigenvalue weighted by molar-refractivity contribution is 5.73. The molecule has 4 nitrogen and oxygen atoms in total. The van der Waals surface area contributed by atoms with Gasteiger partial charge in [0.1, 0.15) is 11.9 Å². The molecule has 0 aliphatic heterocycles. The van der Waals surface area contributed by atoms with Crippen LogP contribution in [-0.4, -0.2) is 28.7 Å². The number of carbonyl (C=O) groups is 1. The first-order valence-corrected chi connectivity index (χ1v) is 4.61. The van der Waals surface area contributed by atoms with Gasteiger partial charge in [0.2, 0.25) is 6.17 Å². The molecule has 8 heteroatoms. The van der Waals surface area contributed by atoms with Crippen LogP contribution in [0.15, 0.2) is 24.3 Å². The minimum absolute atomic E-state index is 0.167. The monoisotopic (exact) mass is 268 g/mol. The summed E-state index contributed by atoms with van der Waals surface area (Å²) in [5, 5.41) is 17.6. The van der Waals surface area contributed by atoms with Crippen LogP contribution in [0.1, 0.15) is 11.7 Å². The summed E-state index contributed by atoms with van der Waals surface area (Å²) >= 11 is 0. The van der Waals surface area contributed by atoms with Crippen LogP contribution in [0.5, 0.6) is 5.75 Å². The van der Waals surface area contributed by atoms with Crippen molar-refractivity contribution in [2.45, 2.75) is 18.6 Å². The minimum Gasteiger partial charge on any atom is -0.479 e. The Hall–Kier alpha value is -1.83. The summed E-state index contributed by atoms with van der Waals surface area (Å²) in [6.07, 6.45) is -9.37. The quantitative estimate of drug-likeness (QED) is 0.820. The molecule has 0 bridgehead atoms. The molecule has 2 N–H and O–H groups in total. The second-order valence-corrected chi connectivity index (χ2v) is 3.30. The molecule has 0 spiro atoms. The maximum atomic E-state index is 12.9. The number of carboxylic acids is 1. The fraction of sp³-hybridized carbons (Fsp3) is 0.300. The molecule has 0 saturated carbocycles. The highest BCUT2D eigenvalue weighted by atomic mass is 19.4. The number of hydrogen-bond acceptors (Lipinski definition) is 3. The van der Waals surface area contributed by atoms with Crippen molar-refractivity contribution in [3.63, 3.8) is 0 Å². The normalized spacial score (nSPS) is 14.9. The van der Waals surface area contributed by atoms with E-state index in [1.807, 2.05) is 0 Å². The van der Waals surface area contributed by atoms with Crippen molar-refractivity contribution in [3.05, 3.63) is 29.8 Å². The fourth-order valence-corrected chi connectivity index (χ4v) is 1.17. The van der Waals surface area contributed by atoms with Gasteiger partial charge in [-0.25, -0.2) is 9.18 Å². The summed E-state index contributed by atoms with van der Waals surface area (Å²) in [4.78, 5) is 10.3. The van der Waals surface area contributed by atoms with E-state index >= 15 is 0 Å². The van der Waals surface area contributed by atoms with Crippen LogP contribution >= 0.6 is 0 Å². The zero-order valence-corrected chi connectivity index (χ0v) is 8.69. The summed E-state index contributed by atoms with van der Waals surface area (Å²) in [7, 11) is 0. The van der Waals surface area contributed by atoms with Gasteiger partial charge in [-0.3, -0.25) is 0 Å². The Balaban J connectivity index is 2.80. The smallest absolute Gasteiger partial charge is 0.479 e. The van der Waals surface area contributed by atoms with Crippen LogP contribution < -0.4 is 4.74 Å². The summed E-state index contributed by atoms with van der Waals surface area (Å²) in [6.45, 7) is 0. The van der Waals surface area contributed by atoms with Crippen LogP contribution in [0.3, 0.4) is 0 Å². The van der Waals surface area contributed by atoms with E-state index in [1.165, 1.54) is 0 Å². The van der Waals surface area contributed by atoms with Gasteiger partial charge in [0.15, 0.2) is 0 Å². The van der Waals surface area contributed by atoms with Crippen LogP contribution in [0.25, 0.3) is 0 Å². The van der Waals surface area contributed by atoms with Crippen LogP contribution in [0, 0.1) is 0 Å². The molecule has 0 aromatic heterocycles. The number of aliphatic hydroxyl groups excluding tert-OH is 1. The third-order valence-corrected chi connectivity index (χ3v) is 1.97. The molecule has 100 valence electrons. The lowest BCUT2D eigenvalue weighted by Crippen LogP contribution is -2.23. The number of aliphatic hydroxyl groups is 1. The number of halogens is 4. The number of benzene rings is 1. The highest BCUT2D eigenvalue weighted by Gasteiger charge is 2.31. The summed E-state index contributed by atoms with van der Waals surface area (Å²) < 4.78 is 51.9. The summed E-state index contributed by atoms with van der Waals surface area (Å²) in [6, 6.07) is 3.59. The molecule has 0 aliphatic rings. The number of rotatable bonds is 4. The average Bonchev–Trinajstić information content (AvgIpc) is 2.26. The number of carboxylic acid groups (broad SMARTS) is 1. The lowest BCUT2D eigenvalue weighted by Gasteiger charge is -2.13. The van der Waals surface area contributed by atoms with Crippen molar-refractivity contribution in [3.8, 4) is 5.75 Å². The third-order valence-electron chi connectivity index (χ3n) is 1.97. The molecule has 0 saturated heterocycles. The van der Waals surface area contributed by atoms with Crippen molar-refractivity contribution < 1.29 is 37.3 Å². The number of aliphatic carboxylic acids is 1. The molecule has 2 unspecified atom stereocenters. The zero-order valence-electron chi connectivity index (χ0n) is 8.69. The summed E-state index contributed by atoms with van der Waals surface area (Å²) in [5.41, 5.74) is -0.167. The van der Waals surface area contributed by atoms with E-state index in [0.29, 0.717) is 0 Å².